The first-order chi connectivity index (χ1) is 9.92. The molecule has 0 aliphatic carbocycles. The van der Waals surface area contributed by atoms with Crippen molar-refractivity contribution in [2.75, 3.05) is 46.8 Å². The third kappa shape index (κ3) is 6.25. The maximum atomic E-state index is 3.71. The lowest BCUT2D eigenvalue weighted by atomic mass is 9.81. The second kappa shape index (κ2) is 9.12. The van der Waals surface area contributed by atoms with Gasteiger partial charge in [-0.05, 0) is 64.2 Å². The second-order valence-electron chi connectivity index (χ2n) is 7.71. The van der Waals surface area contributed by atoms with Gasteiger partial charge in [0.1, 0.15) is 0 Å². The van der Waals surface area contributed by atoms with E-state index in [1.807, 2.05) is 0 Å². The molecule has 0 saturated carbocycles. The Balaban J connectivity index is 2.54. The zero-order valence-electron chi connectivity index (χ0n) is 15.4. The molecular formula is C18H39N3. The Morgan fingerprint density at radius 3 is 2.48 bits per heavy atom. The van der Waals surface area contributed by atoms with Gasteiger partial charge < -0.3 is 15.1 Å². The molecule has 1 N–H and O–H groups in total. The maximum Gasteiger partial charge on any atom is 0.0220 e. The Bertz CT molecular complexity index is 274. The van der Waals surface area contributed by atoms with E-state index in [2.05, 4.69) is 56.9 Å². The van der Waals surface area contributed by atoms with Gasteiger partial charge in [-0.1, -0.05) is 27.7 Å². The topological polar surface area (TPSA) is 18.5 Å². The third-order valence-corrected chi connectivity index (χ3v) is 5.36. The van der Waals surface area contributed by atoms with Crippen LogP contribution < -0.4 is 5.32 Å². The summed E-state index contributed by atoms with van der Waals surface area (Å²) in [6.07, 6.45) is 5.25. The maximum absolute atomic E-state index is 3.71. The van der Waals surface area contributed by atoms with Gasteiger partial charge in [0.15, 0.2) is 0 Å². The van der Waals surface area contributed by atoms with Crippen molar-refractivity contribution >= 4 is 0 Å². The molecule has 0 radical (unpaired) electrons. The number of rotatable bonds is 9. The SMILES string of the molecule is CCC(CC)(CNCC(C)C)CN(C)C1CCCN(C)C1. The number of hydrogen-bond donors (Lipinski definition) is 1. The van der Waals surface area contributed by atoms with Gasteiger partial charge in [0.25, 0.3) is 0 Å². The molecule has 0 spiro atoms. The molecule has 21 heavy (non-hydrogen) atoms. The van der Waals surface area contributed by atoms with E-state index in [4.69, 9.17) is 0 Å². The molecule has 1 rings (SSSR count). The zero-order valence-corrected chi connectivity index (χ0v) is 15.4. The van der Waals surface area contributed by atoms with Crippen LogP contribution in [0, 0.1) is 11.3 Å². The van der Waals surface area contributed by atoms with Crippen LogP contribution in [0.1, 0.15) is 53.4 Å². The van der Waals surface area contributed by atoms with Crippen molar-refractivity contribution < 1.29 is 0 Å². The van der Waals surface area contributed by atoms with Crippen LogP contribution in [-0.4, -0.2) is 62.7 Å². The fourth-order valence-electron chi connectivity index (χ4n) is 3.56. The largest absolute Gasteiger partial charge is 0.316 e. The molecule has 1 fully saturated rings. The van der Waals surface area contributed by atoms with E-state index >= 15 is 0 Å². The lowest BCUT2D eigenvalue weighted by Gasteiger charge is -2.42. The highest BCUT2D eigenvalue weighted by molar-refractivity contribution is 4.86. The summed E-state index contributed by atoms with van der Waals surface area (Å²) in [5.74, 6) is 0.737. The van der Waals surface area contributed by atoms with Crippen molar-refractivity contribution in [1.29, 1.82) is 0 Å². The monoisotopic (exact) mass is 297 g/mol. The Labute approximate surface area is 133 Å². The lowest BCUT2D eigenvalue weighted by Crippen LogP contribution is -2.50. The lowest BCUT2D eigenvalue weighted by molar-refractivity contribution is 0.0799. The van der Waals surface area contributed by atoms with Crippen molar-refractivity contribution in [2.45, 2.75) is 59.4 Å². The third-order valence-electron chi connectivity index (χ3n) is 5.36. The number of piperidine rings is 1. The predicted molar refractivity (Wildman–Crippen MR) is 93.9 cm³/mol. The van der Waals surface area contributed by atoms with Crippen LogP contribution in [0.4, 0.5) is 0 Å². The van der Waals surface area contributed by atoms with Crippen molar-refractivity contribution in [3.05, 3.63) is 0 Å². The van der Waals surface area contributed by atoms with Gasteiger partial charge in [-0.15, -0.1) is 0 Å². The first-order valence-corrected chi connectivity index (χ1v) is 9.02. The number of hydrogen-bond acceptors (Lipinski definition) is 3. The predicted octanol–water partition coefficient (Wildman–Crippen LogP) is 3.06. The number of nitrogens with one attached hydrogen (secondary N) is 1. The molecule has 0 bridgehead atoms. The van der Waals surface area contributed by atoms with Crippen molar-refractivity contribution in [3.63, 3.8) is 0 Å². The summed E-state index contributed by atoms with van der Waals surface area (Å²) in [5, 5.41) is 3.71. The van der Waals surface area contributed by atoms with Gasteiger partial charge in [0.2, 0.25) is 0 Å². The summed E-state index contributed by atoms with van der Waals surface area (Å²) in [6.45, 7) is 15.3. The average molecular weight is 298 g/mol. The highest BCUT2D eigenvalue weighted by Gasteiger charge is 2.31. The molecule has 3 heteroatoms. The molecule has 1 heterocycles. The highest BCUT2D eigenvalue weighted by Crippen LogP contribution is 2.28. The van der Waals surface area contributed by atoms with Crippen LogP contribution in [0.2, 0.25) is 0 Å². The van der Waals surface area contributed by atoms with Crippen molar-refractivity contribution in [1.82, 2.24) is 15.1 Å². The summed E-state index contributed by atoms with van der Waals surface area (Å²) in [6, 6.07) is 0.742. The van der Waals surface area contributed by atoms with E-state index in [9.17, 15) is 0 Å². The van der Waals surface area contributed by atoms with Crippen LogP contribution in [0.5, 0.6) is 0 Å². The quantitative estimate of drug-likeness (QED) is 0.705. The molecule has 1 unspecified atom stereocenters. The van der Waals surface area contributed by atoms with Gasteiger partial charge in [-0.25, -0.2) is 0 Å². The molecule has 1 saturated heterocycles. The van der Waals surface area contributed by atoms with E-state index in [1.165, 1.54) is 45.3 Å². The van der Waals surface area contributed by atoms with E-state index in [0.717, 1.165) is 25.0 Å². The van der Waals surface area contributed by atoms with Gasteiger partial charge in [0, 0.05) is 25.7 Å². The van der Waals surface area contributed by atoms with Gasteiger partial charge in [0.05, 0.1) is 0 Å². The van der Waals surface area contributed by atoms with Gasteiger partial charge in [-0.3, -0.25) is 0 Å². The molecule has 0 aromatic rings. The van der Waals surface area contributed by atoms with Crippen LogP contribution in [0.3, 0.4) is 0 Å². The Morgan fingerprint density at radius 1 is 1.29 bits per heavy atom. The van der Waals surface area contributed by atoms with Crippen molar-refractivity contribution in [2.24, 2.45) is 11.3 Å². The highest BCUT2D eigenvalue weighted by atomic mass is 15.2. The van der Waals surface area contributed by atoms with E-state index in [0.29, 0.717) is 5.41 Å². The number of nitrogens with zero attached hydrogens (tertiary/aromatic N) is 2. The summed E-state index contributed by atoms with van der Waals surface area (Å²) in [5.41, 5.74) is 0.430. The Kier molecular flexibility index (Phi) is 8.22. The van der Waals surface area contributed by atoms with Crippen LogP contribution >= 0.6 is 0 Å². The summed E-state index contributed by atoms with van der Waals surface area (Å²) in [7, 11) is 4.60. The second-order valence-corrected chi connectivity index (χ2v) is 7.71. The Morgan fingerprint density at radius 2 is 1.95 bits per heavy atom. The first kappa shape index (κ1) is 18.9. The average Bonchev–Trinajstić information content (AvgIpc) is 2.45. The summed E-state index contributed by atoms with van der Waals surface area (Å²) in [4.78, 5) is 5.13. The molecule has 1 atom stereocenters. The van der Waals surface area contributed by atoms with Crippen molar-refractivity contribution in [3.8, 4) is 0 Å². The first-order valence-electron chi connectivity index (χ1n) is 9.02. The van der Waals surface area contributed by atoms with E-state index in [1.54, 1.807) is 0 Å². The standard InChI is InChI=1S/C18H39N3/c1-7-18(8-2,14-19-12-16(3)4)15-21(6)17-10-9-11-20(5)13-17/h16-17,19H,7-15H2,1-6H3. The minimum atomic E-state index is 0.430. The smallest absolute Gasteiger partial charge is 0.0220 e. The zero-order chi connectivity index (χ0) is 15.9. The molecular weight excluding hydrogens is 258 g/mol. The number of likely N-dealkylation sites (N-methyl/N-ethyl adjacent to an activating group) is 2. The summed E-state index contributed by atoms with van der Waals surface area (Å²) >= 11 is 0. The normalized spacial score (nSPS) is 21.4. The minimum Gasteiger partial charge on any atom is -0.316 e. The van der Waals surface area contributed by atoms with Crippen LogP contribution in [-0.2, 0) is 0 Å². The van der Waals surface area contributed by atoms with E-state index < -0.39 is 0 Å². The Hall–Kier alpha value is -0.120. The molecule has 0 aromatic carbocycles. The molecule has 1 aliphatic rings. The van der Waals surface area contributed by atoms with Crippen LogP contribution in [0.15, 0.2) is 0 Å². The molecule has 3 nitrogen and oxygen atoms in total. The molecule has 0 amide bonds. The van der Waals surface area contributed by atoms with E-state index in [-0.39, 0.29) is 0 Å². The fourth-order valence-corrected chi connectivity index (χ4v) is 3.56. The molecule has 126 valence electrons. The van der Waals surface area contributed by atoms with Gasteiger partial charge >= 0.3 is 0 Å². The fraction of sp³-hybridized carbons (Fsp3) is 1.00. The van der Waals surface area contributed by atoms with Crippen LogP contribution in [0.25, 0.3) is 0 Å². The summed E-state index contributed by atoms with van der Waals surface area (Å²) < 4.78 is 0. The number of likely N-dealkylation sites (tertiary alicyclic amines) is 1. The molecule has 1 aliphatic heterocycles. The molecule has 0 aromatic heterocycles. The van der Waals surface area contributed by atoms with Gasteiger partial charge in [-0.2, -0.15) is 0 Å². The minimum absolute atomic E-state index is 0.430.